The zero-order valence-electron chi connectivity index (χ0n) is 10.9. The SMILES string of the molecule is O=C(O)C(CCc1ccccc1)Nc1ccccc1Br. The molecule has 0 fully saturated rings. The molecule has 0 radical (unpaired) electrons. The summed E-state index contributed by atoms with van der Waals surface area (Å²) in [6.07, 6.45) is 1.27. The number of carboxylic acid groups (broad SMARTS) is 1. The van der Waals surface area contributed by atoms with E-state index in [1.807, 2.05) is 54.6 Å². The standard InChI is InChI=1S/C16H16BrNO2/c17-13-8-4-5-9-14(13)18-15(16(19)20)11-10-12-6-2-1-3-7-12/h1-9,15,18H,10-11H2,(H,19,20). The Hall–Kier alpha value is -1.81. The lowest BCUT2D eigenvalue weighted by Gasteiger charge is -2.16. The predicted octanol–water partition coefficient (Wildman–Crippen LogP) is 3.95. The summed E-state index contributed by atoms with van der Waals surface area (Å²) in [5.41, 5.74) is 1.95. The third-order valence-corrected chi connectivity index (χ3v) is 3.76. The number of benzene rings is 2. The number of carbonyl (C=O) groups is 1. The van der Waals surface area contributed by atoms with Gasteiger partial charge in [0.15, 0.2) is 0 Å². The summed E-state index contributed by atoms with van der Waals surface area (Å²) in [5.74, 6) is -0.836. The maximum absolute atomic E-state index is 11.4. The molecule has 20 heavy (non-hydrogen) atoms. The van der Waals surface area contributed by atoms with Gasteiger partial charge in [-0.1, -0.05) is 42.5 Å². The predicted molar refractivity (Wildman–Crippen MR) is 84.0 cm³/mol. The molecule has 3 nitrogen and oxygen atoms in total. The molecule has 0 amide bonds. The van der Waals surface area contributed by atoms with Crippen LogP contribution in [0.4, 0.5) is 5.69 Å². The third kappa shape index (κ3) is 4.10. The lowest BCUT2D eigenvalue weighted by Crippen LogP contribution is -2.29. The second-order valence-electron chi connectivity index (χ2n) is 4.54. The summed E-state index contributed by atoms with van der Waals surface area (Å²) < 4.78 is 0.867. The number of carboxylic acids is 1. The van der Waals surface area contributed by atoms with Crippen LogP contribution in [0.1, 0.15) is 12.0 Å². The fourth-order valence-corrected chi connectivity index (χ4v) is 2.38. The fourth-order valence-electron chi connectivity index (χ4n) is 1.98. The minimum absolute atomic E-state index is 0.542. The number of nitrogens with one attached hydrogen (secondary N) is 1. The van der Waals surface area contributed by atoms with Gasteiger partial charge in [-0.25, -0.2) is 4.79 Å². The Balaban J connectivity index is 2.01. The Morgan fingerprint density at radius 2 is 1.75 bits per heavy atom. The molecule has 0 aliphatic rings. The van der Waals surface area contributed by atoms with E-state index in [9.17, 15) is 9.90 Å². The van der Waals surface area contributed by atoms with Gasteiger partial charge < -0.3 is 10.4 Å². The van der Waals surface area contributed by atoms with Crippen molar-refractivity contribution in [3.8, 4) is 0 Å². The Labute approximate surface area is 126 Å². The molecule has 0 aromatic heterocycles. The van der Waals surface area contributed by atoms with Crippen molar-refractivity contribution in [1.82, 2.24) is 0 Å². The van der Waals surface area contributed by atoms with Crippen LogP contribution in [0.25, 0.3) is 0 Å². The second-order valence-corrected chi connectivity index (χ2v) is 5.39. The van der Waals surface area contributed by atoms with E-state index in [0.29, 0.717) is 6.42 Å². The molecule has 0 aliphatic heterocycles. The van der Waals surface area contributed by atoms with Crippen LogP contribution in [0.2, 0.25) is 0 Å². The molecule has 2 aromatic rings. The van der Waals surface area contributed by atoms with E-state index >= 15 is 0 Å². The quantitative estimate of drug-likeness (QED) is 0.841. The van der Waals surface area contributed by atoms with E-state index in [2.05, 4.69) is 21.2 Å². The van der Waals surface area contributed by atoms with Crippen LogP contribution in [0.3, 0.4) is 0 Å². The molecule has 0 aliphatic carbocycles. The average molecular weight is 334 g/mol. The van der Waals surface area contributed by atoms with Crippen LogP contribution in [-0.2, 0) is 11.2 Å². The van der Waals surface area contributed by atoms with Crippen molar-refractivity contribution in [3.63, 3.8) is 0 Å². The number of halogens is 1. The van der Waals surface area contributed by atoms with Gasteiger partial charge in [-0.15, -0.1) is 0 Å². The fraction of sp³-hybridized carbons (Fsp3) is 0.188. The number of hydrogen-bond donors (Lipinski definition) is 2. The Kier molecular flexibility index (Phi) is 5.18. The monoisotopic (exact) mass is 333 g/mol. The molecule has 1 atom stereocenters. The van der Waals surface area contributed by atoms with E-state index in [-0.39, 0.29) is 0 Å². The lowest BCUT2D eigenvalue weighted by atomic mass is 10.1. The number of rotatable bonds is 6. The first-order valence-corrected chi connectivity index (χ1v) is 7.24. The summed E-state index contributed by atoms with van der Waals surface area (Å²) in [4.78, 5) is 11.4. The molecule has 0 saturated heterocycles. The molecule has 2 rings (SSSR count). The molecule has 0 saturated carbocycles. The minimum Gasteiger partial charge on any atom is -0.480 e. The van der Waals surface area contributed by atoms with Crippen molar-refractivity contribution in [1.29, 1.82) is 0 Å². The summed E-state index contributed by atoms with van der Waals surface area (Å²) in [5, 5.41) is 12.4. The number of hydrogen-bond acceptors (Lipinski definition) is 2. The van der Waals surface area contributed by atoms with Crippen LogP contribution in [0, 0.1) is 0 Å². The molecule has 0 bridgehead atoms. The van der Waals surface area contributed by atoms with Crippen LogP contribution in [-0.4, -0.2) is 17.1 Å². The van der Waals surface area contributed by atoms with Crippen molar-refractivity contribution < 1.29 is 9.90 Å². The van der Waals surface area contributed by atoms with Crippen molar-refractivity contribution in [2.75, 3.05) is 5.32 Å². The first kappa shape index (κ1) is 14.6. The highest BCUT2D eigenvalue weighted by Gasteiger charge is 2.17. The highest BCUT2D eigenvalue weighted by Crippen LogP contribution is 2.23. The van der Waals surface area contributed by atoms with Crippen LogP contribution >= 0.6 is 15.9 Å². The van der Waals surface area contributed by atoms with E-state index in [1.165, 1.54) is 0 Å². The van der Waals surface area contributed by atoms with Crippen molar-refractivity contribution in [2.24, 2.45) is 0 Å². The van der Waals surface area contributed by atoms with Crippen molar-refractivity contribution in [3.05, 3.63) is 64.6 Å². The molecule has 4 heteroatoms. The first-order chi connectivity index (χ1) is 9.66. The van der Waals surface area contributed by atoms with Gasteiger partial charge in [0.25, 0.3) is 0 Å². The van der Waals surface area contributed by atoms with E-state index in [0.717, 1.165) is 22.1 Å². The van der Waals surface area contributed by atoms with Gasteiger partial charge in [0.2, 0.25) is 0 Å². The Morgan fingerprint density at radius 1 is 1.10 bits per heavy atom. The van der Waals surface area contributed by atoms with Crippen LogP contribution in [0.15, 0.2) is 59.1 Å². The Morgan fingerprint density at radius 3 is 2.40 bits per heavy atom. The van der Waals surface area contributed by atoms with Gasteiger partial charge in [-0.05, 0) is 46.5 Å². The highest BCUT2D eigenvalue weighted by atomic mass is 79.9. The minimum atomic E-state index is -0.836. The van der Waals surface area contributed by atoms with E-state index < -0.39 is 12.0 Å². The molecule has 0 heterocycles. The average Bonchev–Trinajstić information content (AvgIpc) is 2.46. The summed E-state index contributed by atoms with van der Waals surface area (Å²) in [6, 6.07) is 16.8. The van der Waals surface area contributed by atoms with Gasteiger partial charge in [0, 0.05) is 10.2 Å². The third-order valence-electron chi connectivity index (χ3n) is 3.07. The van der Waals surface area contributed by atoms with E-state index in [1.54, 1.807) is 0 Å². The molecular weight excluding hydrogens is 318 g/mol. The van der Waals surface area contributed by atoms with Crippen LogP contribution < -0.4 is 5.32 Å². The summed E-state index contributed by atoms with van der Waals surface area (Å²) >= 11 is 3.41. The zero-order chi connectivity index (χ0) is 14.4. The number of aryl methyl sites for hydroxylation is 1. The van der Waals surface area contributed by atoms with E-state index in [4.69, 9.17) is 0 Å². The molecule has 2 aromatic carbocycles. The highest BCUT2D eigenvalue weighted by molar-refractivity contribution is 9.10. The van der Waals surface area contributed by atoms with Gasteiger partial charge in [-0.3, -0.25) is 0 Å². The number of anilines is 1. The largest absolute Gasteiger partial charge is 0.480 e. The molecule has 2 N–H and O–H groups in total. The Bertz CT molecular complexity index is 572. The summed E-state index contributed by atoms with van der Waals surface area (Å²) in [6.45, 7) is 0. The normalized spacial score (nSPS) is 11.8. The smallest absolute Gasteiger partial charge is 0.326 e. The van der Waals surface area contributed by atoms with Gasteiger partial charge in [0.1, 0.15) is 6.04 Å². The van der Waals surface area contributed by atoms with Crippen molar-refractivity contribution in [2.45, 2.75) is 18.9 Å². The maximum Gasteiger partial charge on any atom is 0.326 e. The maximum atomic E-state index is 11.4. The van der Waals surface area contributed by atoms with Crippen molar-refractivity contribution >= 4 is 27.6 Å². The lowest BCUT2D eigenvalue weighted by molar-refractivity contribution is -0.138. The molecular formula is C16H16BrNO2. The number of aliphatic carboxylic acids is 1. The molecule has 104 valence electrons. The molecule has 0 spiro atoms. The second kappa shape index (κ2) is 7.10. The van der Waals surface area contributed by atoms with Gasteiger partial charge >= 0.3 is 5.97 Å². The molecule has 1 unspecified atom stereocenters. The van der Waals surface area contributed by atoms with Gasteiger partial charge in [-0.2, -0.15) is 0 Å². The number of para-hydroxylation sites is 1. The zero-order valence-corrected chi connectivity index (χ0v) is 12.5. The topological polar surface area (TPSA) is 49.3 Å². The summed E-state index contributed by atoms with van der Waals surface area (Å²) in [7, 11) is 0. The van der Waals surface area contributed by atoms with Gasteiger partial charge in [0.05, 0.1) is 0 Å². The van der Waals surface area contributed by atoms with Crippen LogP contribution in [0.5, 0.6) is 0 Å². The first-order valence-electron chi connectivity index (χ1n) is 6.44.